The van der Waals surface area contributed by atoms with Gasteiger partial charge in [0.15, 0.2) is 0 Å². The first-order valence-corrected chi connectivity index (χ1v) is 7.40. The average Bonchev–Trinajstić information content (AvgIpc) is 3.03. The lowest BCUT2D eigenvalue weighted by atomic mass is 9.76. The quantitative estimate of drug-likeness (QED) is 0.874. The molecular weight excluding hydrogens is 264 g/mol. The zero-order chi connectivity index (χ0) is 13.9. The summed E-state index contributed by atoms with van der Waals surface area (Å²) in [4.78, 5) is 0. The molecule has 5 heteroatoms. The smallest absolute Gasteiger partial charge is 0.103 e. The molecule has 0 spiro atoms. The van der Waals surface area contributed by atoms with E-state index >= 15 is 0 Å². The summed E-state index contributed by atoms with van der Waals surface area (Å²) in [7, 11) is 1.66. The zero-order valence-corrected chi connectivity index (χ0v) is 12.5. The van der Waals surface area contributed by atoms with Gasteiger partial charge in [-0.2, -0.15) is 5.10 Å². The molecular formula is C14H23ClN2O2. The minimum Gasteiger partial charge on any atom is -0.386 e. The van der Waals surface area contributed by atoms with Gasteiger partial charge in [-0.3, -0.25) is 4.68 Å². The number of halogens is 1. The topological polar surface area (TPSA) is 47.3 Å². The van der Waals surface area contributed by atoms with E-state index in [-0.39, 0.29) is 5.41 Å². The highest BCUT2D eigenvalue weighted by molar-refractivity contribution is 6.31. The lowest BCUT2D eigenvalue weighted by Crippen LogP contribution is -2.28. The van der Waals surface area contributed by atoms with E-state index in [4.69, 9.17) is 16.3 Å². The summed E-state index contributed by atoms with van der Waals surface area (Å²) in [6, 6.07) is 0. The molecule has 108 valence electrons. The van der Waals surface area contributed by atoms with Crippen LogP contribution in [0.3, 0.4) is 0 Å². The second-order valence-corrected chi connectivity index (χ2v) is 5.83. The van der Waals surface area contributed by atoms with Gasteiger partial charge in [-0.1, -0.05) is 31.4 Å². The monoisotopic (exact) mass is 286 g/mol. The van der Waals surface area contributed by atoms with Crippen molar-refractivity contribution in [3.63, 3.8) is 0 Å². The molecule has 0 aliphatic heterocycles. The van der Waals surface area contributed by atoms with Crippen molar-refractivity contribution in [3.05, 3.63) is 16.9 Å². The molecule has 2 rings (SSSR count). The lowest BCUT2D eigenvalue weighted by Gasteiger charge is -2.33. The molecule has 0 aromatic carbocycles. The molecule has 1 heterocycles. The van der Waals surface area contributed by atoms with Crippen LogP contribution < -0.4 is 0 Å². The number of rotatable bonds is 6. The molecule has 1 saturated carbocycles. The van der Waals surface area contributed by atoms with E-state index in [1.807, 2.05) is 0 Å². The third kappa shape index (κ3) is 2.81. The number of hydrogen-bond acceptors (Lipinski definition) is 3. The molecule has 1 unspecified atom stereocenters. The Labute approximate surface area is 119 Å². The predicted molar refractivity (Wildman–Crippen MR) is 75.3 cm³/mol. The van der Waals surface area contributed by atoms with Gasteiger partial charge in [-0.05, 0) is 19.3 Å². The van der Waals surface area contributed by atoms with Gasteiger partial charge in [-0.15, -0.1) is 0 Å². The molecule has 0 saturated heterocycles. The van der Waals surface area contributed by atoms with Crippen LogP contribution in [-0.4, -0.2) is 28.6 Å². The minimum absolute atomic E-state index is 0.0332. The van der Waals surface area contributed by atoms with Crippen LogP contribution in [0.2, 0.25) is 5.02 Å². The first kappa shape index (κ1) is 14.8. The Morgan fingerprint density at radius 2 is 2.21 bits per heavy atom. The highest BCUT2D eigenvalue weighted by atomic mass is 35.5. The van der Waals surface area contributed by atoms with Crippen LogP contribution in [0.1, 0.15) is 50.8 Å². The van der Waals surface area contributed by atoms with Crippen LogP contribution >= 0.6 is 11.6 Å². The number of aliphatic hydroxyl groups excluding tert-OH is 1. The zero-order valence-electron chi connectivity index (χ0n) is 11.7. The van der Waals surface area contributed by atoms with Crippen LogP contribution in [0.15, 0.2) is 6.20 Å². The predicted octanol–water partition coefficient (Wildman–Crippen LogP) is 3.19. The number of hydrogen-bond donors (Lipinski definition) is 1. The molecule has 1 aromatic heterocycles. The minimum atomic E-state index is -0.535. The second-order valence-electron chi connectivity index (χ2n) is 5.42. The fraction of sp³-hybridized carbons (Fsp3) is 0.786. The third-order valence-electron chi connectivity index (χ3n) is 4.48. The number of aromatic nitrogens is 2. The maximum atomic E-state index is 10.8. The van der Waals surface area contributed by atoms with Gasteiger partial charge in [-0.25, -0.2) is 0 Å². The number of aliphatic hydroxyl groups is 1. The average molecular weight is 287 g/mol. The van der Waals surface area contributed by atoms with Crippen LogP contribution in [0.5, 0.6) is 0 Å². The summed E-state index contributed by atoms with van der Waals surface area (Å²) < 4.78 is 6.87. The van der Waals surface area contributed by atoms with E-state index in [0.717, 1.165) is 25.0 Å². The maximum Gasteiger partial charge on any atom is 0.103 e. The van der Waals surface area contributed by atoms with Crippen molar-refractivity contribution in [2.24, 2.45) is 5.41 Å². The SMILES string of the molecule is CCC1(C(O)c2c(Cl)cnn2CCOC)CCCC1. The molecule has 1 aliphatic carbocycles. The van der Waals surface area contributed by atoms with Gasteiger partial charge in [0.1, 0.15) is 6.10 Å². The summed E-state index contributed by atoms with van der Waals surface area (Å²) >= 11 is 6.23. The molecule has 1 aliphatic rings. The lowest BCUT2D eigenvalue weighted by molar-refractivity contribution is 0.0161. The molecule has 0 radical (unpaired) electrons. The summed E-state index contributed by atoms with van der Waals surface area (Å²) in [6.45, 7) is 3.34. The number of methoxy groups -OCH3 is 1. The highest BCUT2D eigenvalue weighted by Crippen LogP contribution is 2.50. The Balaban J connectivity index is 2.26. The number of ether oxygens (including phenoxy) is 1. The fourth-order valence-corrected chi connectivity index (χ4v) is 3.43. The summed E-state index contributed by atoms with van der Waals surface area (Å²) in [5, 5.41) is 15.6. The van der Waals surface area contributed by atoms with Crippen molar-refractivity contribution >= 4 is 11.6 Å². The standard InChI is InChI=1S/C14H23ClN2O2/c1-3-14(6-4-5-7-14)13(18)12-11(15)10-16-17(12)8-9-19-2/h10,13,18H,3-9H2,1-2H3. The Morgan fingerprint density at radius 1 is 1.53 bits per heavy atom. The Hall–Kier alpha value is -0.580. The molecule has 1 fully saturated rings. The van der Waals surface area contributed by atoms with E-state index in [1.165, 1.54) is 12.8 Å². The molecule has 4 nitrogen and oxygen atoms in total. The fourth-order valence-electron chi connectivity index (χ4n) is 3.19. The van der Waals surface area contributed by atoms with Gasteiger partial charge in [0.2, 0.25) is 0 Å². The highest BCUT2D eigenvalue weighted by Gasteiger charge is 2.42. The van der Waals surface area contributed by atoms with Crippen molar-refractivity contribution < 1.29 is 9.84 Å². The Kier molecular flexibility index (Phi) is 4.87. The van der Waals surface area contributed by atoms with Gasteiger partial charge in [0.25, 0.3) is 0 Å². The largest absolute Gasteiger partial charge is 0.386 e. The van der Waals surface area contributed by atoms with Gasteiger partial charge >= 0.3 is 0 Å². The molecule has 1 N–H and O–H groups in total. The Morgan fingerprint density at radius 3 is 2.79 bits per heavy atom. The molecule has 1 aromatic rings. The summed E-state index contributed by atoms with van der Waals surface area (Å²) in [6.07, 6.45) is 6.57. The summed E-state index contributed by atoms with van der Waals surface area (Å²) in [5.74, 6) is 0. The molecule has 1 atom stereocenters. The first-order valence-electron chi connectivity index (χ1n) is 7.03. The van der Waals surface area contributed by atoms with Crippen LogP contribution in [0.25, 0.3) is 0 Å². The van der Waals surface area contributed by atoms with Crippen molar-refractivity contribution in [3.8, 4) is 0 Å². The van der Waals surface area contributed by atoms with Crippen LogP contribution in [0.4, 0.5) is 0 Å². The van der Waals surface area contributed by atoms with Crippen molar-refractivity contribution in [2.45, 2.75) is 51.7 Å². The van der Waals surface area contributed by atoms with Crippen LogP contribution in [0, 0.1) is 5.41 Å². The molecule has 0 bridgehead atoms. The molecule has 0 amide bonds. The normalized spacial score (nSPS) is 19.8. The van der Waals surface area contributed by atoms with E-state index < -0.39 is 6.10 Å². The van der Waals surface area contributed by atoms with Crippen molar-refractivity contribution in [1.82, 2.24) is 9.78 Å². The Bertz CT molecular complexity index is 414. The summed E-state index contributed by atoms with van der Waals surface area (Å²) in [5.41, 5.74) is 0.719. The number of nitrogens with zero attached hydrogens (tertiary/aromatic N) is 2. The first-order chi connectivity index (χ1) is 9.14. The van der Waals surface area contributed by atoms with E-state index in [0.29, 0.717) is 18.2 Å². The third-order valence-corrected chi connectivity index (χ3v) is 4.77. The van der Waals surface area contributed by atoms with Crippen molar-refractivity contribution in [2.75, 3.05) is 13.7 Å². The second kappa shape index (κ2) is 6.25. The van der Waals surface area contributed by atoms with E-state index in [2.05, 4.69) is 12.0 Å². The molecule has 19 heavy (non-hydrogen) atoms. The van der Waals surface area contributed by atoms with Gasteiger partial charge in [0, 0.05) is 12.5 Å². The van der Waals surface area contributed by atoms with Gasteiger partial charge < -0.3 is 9.84 Å². The van der Waals surface area contributed by atoms with E-state index in [9.17, 15) is 5.11 Å². The van der Waals surface area contributed by atoms with Crippen LogP contribution in [-0.2, 0) is 11.3 Å². The maximum absolute atomic E-state index is 10.8. The van der Waals surface area contributed by atoms with E-state index in [1.54, 1.807) is 18.0 Å². The van der Waals surface area contributed by atoms with Gasteiger partial charge in [0.05, 0.1) is 30.1 Å². The van der Waals surface area contributed by atoms with Crippen molar-refractivity contribution in [1.29, 1.82) is 0 Å².